The Kier molecular flexibility index (Phi) is 6.98. The number of halogens is 2. The molecule has 0 saturated heterocycles. The summed E-state index contributed by atoms with van der Waals surface area (Å²) in [5, 5.41) is 15.8. The van der Waals surface area contributed by atoms with Gasteiger partial charge in [-0.25, -0.2) is 0 Å². The van der Waals surface area contributed by atoms with E-state index in [9.17, 15) is 9.59 Å². The van der Waals surface area contributed by atoms with Gasteiger partial charge in [-0.15, -0.1) is 12.4 Å². The van der Waals surface area contributed by atoms with Crippen LogP contribution in [0.15, 0.2) is 28.7 Å². The average Bonchev–Trinajstić information content (AvgIpc) is 3.02. The fraction of sp³-hybridized carbons (Fsp3) is 0.312. The van der Waals surface area contributed by atoms with Crippen LogP contribution < -0.4 is 16.0 Å². The van der Waals surface area contributed by atoms with Crippen molar-refractivity contribution in [2.75, 3.05) is 19.6 Å². The molecule has 2 amide bonds. The van der Waals surface area contributed by atoms with Crippen LogP contribution >= 0.6 is 28.3 Å². The number of rotatable bonds is 5. The second-order valence-corrected chi connectivity index (χ2v) is 6.39. The second-order valence-electron chi connectivity index (χ2n) is 5.48. The largest absolute Gasteiger partial charge is 0.350 e. The maximum Gasteiger partial charge on any atom is 0.272 e. The number of aromatic amines is 1. The number of hydrogen-bond donors (Lipinski definition) is 4. The molecule has 1 aliphatic heterocycles. The Morgan fingerprint density at radius 1 is 1.20 bits per heavy atom. The molecule has 2 aromatic rings. The third-order valence-electron chi connectivity index (χ3n) is 3.80. The molecule has 7 nitrogen and oxygen atoms in total. The summed E-state index contributed by atoms with van der Waals surface area (Å²) in [6.45, 7) is 2.22. The Balaban J connectivity index is 0.00000225. The van der Waals surface area contributed by atoms with Gasteiger partial charge >= 0.3 is 0 Å². The molecule has 0 fully saturated rings. The van der Waals surface area contributed by atoms with Gasteiger partial charge in [-0.2, -0.15) is 5.10 Å². The molecule has 0 radical (unpaired) electrons. The number of carbonyl (C=O) groups is 2. The lowest BCUT2D eigenvalue weighted by Gasteiger charge is -2.13. The molecule has 1 aromatic carbocycles. The number of nitrogens with one attached hydrogen (secondary N) is 4. The van der Waals surface area contributed by atoms with E-state index in [-0.39, 0.29) is 24.2 Å². The SMILES string of the molecule is Cl.O=C(NCCNC(=O)c1n[nH]c2c1CNCC2)c1cccc(Br)c1. The summed E-state index contributed by atoms with van der Waals surface area (Å²) in [5.74, 6) is -0.403. The van der Waals surface area contributed by atoms with Gasteiger partial charge in [-0.05, 0) is 18.2 Å². The molecule has 25 heavy (non-hydrogen) atoms. The van der Waals surface area contributed by atoms with E-state index in [4.69, 9.17) is 0 Å². The van der Waals surface area contributed by atoms with Crippen molar-refractivity contribution in [2.45, 2.75) is 13.0 Å². The van der Waals surface area contributed by atoms with E-state index in [0.717, 1.165) is 28.7 Å². The lowest BCUT2D eigenvalue weighted by Crippen LogP contribution is -2.35. The minimum atomic E-state index is -0.229. The first-order valence-corrected chi connectivity index (χ1v) is 8.53. The number of hydrogen-bond acceptors (Lipinski definition) is 4. The highest BCUT2D eigenvalue weighted by Gasteiger charge is 2.21. The number of benzene rings is 1. The van der Waals surface area contributed by atoms with Crippen molar-refractivity contribution in [3.63, 3.8) is 0 Å². The lowest BCUT2D eigenvalue weighted by atomic mass is 10.1. The van der Waals surface area contributed by atoms with Crippen molar-refractivity contribution in [3.05, 3.63) is 51.3 Å². The van der Waals surface area contributed by atoms with Crippen LogP contribution in [0.4, 0.5) is 0 Å². The van der Waals surface area contributed by atoms with Gasteiger partial charge < -0.3 is 16.0 Å². The van der Waals surface area contributed by atoms with Gasteiger partial charge in [0, 0.05) is 53.9 Å². The van der Waals surface area contributed by atoms with Crippen molar-refractivity contribution in [3.8, 4) is 0 Å². The van der Waals surface area contributed by atoms with Gasteiger partial charge in [-0.3, -0.25) is 14.7 Å². The first-order chi connectivity index (χ1) is 11.6. The summed E-state index contributed by atoms with van der Waals surface area (Å²) in [6.07, 6.45) is 0.846. The topological polar surface area (TPSA) is 98.9 Å². The molecule has 0 aliphatic carbocycles. The van der Waals surface area contributed by atoms with Crippen LogP contribution in [-0.4, -0.2) is 41.6 Å². The quantitative estimate of drug-likeness (QED) is 0.541. The third kappa shape index (κ3) is 4.81. The maximum atomic E-state index is 12.2. The summed E-state index contributed by atoms with van der Waals surface area (Å²) < 4.78 is 0.848. The first-order valence-electron chi connectivity index (χ1n) is 7.74. The highest BCUT2D eigenvalue weighted by atomic mass is 79.9. The summed E-state index contributed by atoms with van der Waals surface area (Å²) in [4.78, 5) is 24.2. The maximum absolute atomic E-state index is 12.2. The van der Waals surface area contributed by atoms with E-state index in [1.807, 2.05) is 6.07 Å². The average molecular weight is 429 g/mol. The number of fused-ring (bicyclic) bond motifs is 1. The van der Waals surface area contributed by atoms with Crippen molar-refractivity contribution in [2.24, 2.45) is 0 Å². The molecule has 0 bridgehead atoms. The summed E-state index contributed by atoms with van der Waals surface area (Å²) in [5.41, 5.74) is 2.94. The van der Waals surface area contributed by atoms with E-state index >= 15 is 0 Å². The smallest absolute Gasteiger partial charge is 0.272 e. The van der Waals surface area contributed by atoms with Crippen molar-refractivity contribution < 1.29 is 9.59 Å². The van der Waals surface area contributed by atoms with Crippen LogP contribution in [0, 0.1) is 0 Å². The Morgan fingerprint density at radius 3 is 2.72 bits per heavy atom. The van der Waals surface area contributed by atoms with Crippen LogP contribution in [0.5, 0.6) is 0 Å². The molecule has 134 valence electrons. The highest BCUT2D eigenvalue weighted by molar-refractivity contribution is 9.10. The molecule has 0 saturated carbocycles. The number of carbonyl (C=O) groups excluding carboxylic acids is 2. The molecular formula is C16H19BrClN5O2. The van der Waals surface area contributed by atoms with E-state index < -0.39 is 0 Å². The molecule has 4 N–H and O–H groups in total. The van der Waals surface area contributed by atoms with E-state index in [1.54, 1.807) is 18.2 Å². The molecule has 1 aromatic heterocycles. The predicted octanol–water partition coefficient (Wildman–Crippen LogP) is 1.40. The Bertz CT molecular complexity index is 765. The van der Waals surface area contributed by atoms with Crippen molar-refractivity contribution in [1.82, 2.24) is 26.1 Å². The molecule has 2 heterocycles. The minimum Gasteiger partial charge on any atom is -0.350 e. The minimum absolute atomic E-state index is 0. The van der Waals surface area contributed by atoms with Crippen LogP contribution in [-0.2, 0) is 13.0 Å². The van der Waals surface area contributed by atoms with Gasteiger partial charge in [0.05, 0.1) is 0 Å². The number of H-pyrrole nitrogens is 1. The van der Waals surface area contributed by atoms with Crippen LogP contribution in [0.25, 0.3) is 0 Å². The Morgan fingerprint density at radius 2 is 1.96 bits per heavy atom. The van der Waals surface area contributed by atoms with Crippen LogP contribution in [0.1, 0.15) is 32.1 Å². The molecular weight excluding hydrogens is 410 g/mol. The van der Waals surface area contributed by atoms with Crippen molar-refractivity contribution >= 4 is 40.2 Å². The van der Waals surface area contributed by atoms with Crippen LogP contribution in [0.3, 0.4) is 0 Å². The van der Waals surface area contributed by atoms with Crippen molar-refractivity contribution in [1.29, 1.82) is 0 Å². The number of nitrogens with zero attached hydrogens (tertiary/aromatic N) is 1. The molecule has 0 spiro atoms. The summed E-state index contributed by atoms with van der Waals surface area (Å²) in [6, 6.07) is 7.14. The Labute approximate surface area is 159 Å². The second kappa shape index (κ2) is 8.98. The monoisotopic (exact) mass is 427 g/mol. The number of amides is 2. The molecule has 9 heteroatoms. The van der Waals surface area contributed by atoms with Gasteiger partial charge in [0.25, 0.3) is 11.8 Å². The van der Waals surface area contributed by atoms with Gasteiger partial charge in [-0.1, -0.05) is 22.0 Å². The number of aromatic nitrogens is 2. The normalized spacial score (nSPS) is 12.7. The molecule has 0 atom stereocenters. The van der Waals surface area contributed by atoms with E-state index in [1.165, 1.54) is 0 Å². The molecule has 3 rings (SSSR count). The predicted molar refractivity (Wildman–Crippen MR) is 100 cm³/mol. The zero-order valence-electron chi connectivity index (χ0n) is 13.4. The zero-order valence-corrected chi connectivity index (χ0v) is 15.8. The standard InChI is InChI=1S/C16H18BrN5O2.ClH/c17-11-3-1-2-10(8-11)15(23)19-6-7-20-16(24)14-12-9-18-5-4-13(12)21-22-14;/h1-3,8,18H,4-7,9H2,(H,19,23)(H,20,24)(H,21,22);1H. The highest BCUT2D eigenvalue weighted by Crippen LogP contribution is 2.15. The van der Waals surface area contributed by atoms with Gasteiger partial charge in [0.15, 0.2) is 5.69 Å². The van der Waals surface area contributed by atoms with E-state index in [0.29, 0.717) is 30.9 Å². The van der Waals surface area contributed by atoms with Gasteiger partial charge in [0.2, 0.25) is 0 Å². The molecule has 1 aliphatic rings. The fourth-order valence-corrected chi connectivity index (χ4v) is 2.98. The van der Waals surface area contributed by atoms with Crippen LogP contribution in [0.2, 0.25) is 0 Å². The van der Waals surface area contributed by atoms with Gasteiger partial charge in [0.1, 0.15) is 0 Å². The first kappa shape index (κ1) is 19.4. The fourth-order valence-electron chi connectivity index (χ4n) is 2.58. The molecule has 0 unspecified atom stereocenters. The summed E-state index contributed by atoms with van der Waals surface area (Å²) >= 11 is 3.33. The lowest BCUT2D eigenvalue weighted by molar-refractivity contribution is 0.0924. The Hall–Kier alpha value is -1.90. The summed E-state index contributed by atoms with van der Waals surface area (Å²) in [7, 11) is 0. The zero-order chi connectivity index (χ0) is 16.9. The third-order valence-corrected chi connectivity index (χ3v) is 4.30. The van der Waals surface area contributed by atoms with E-state index in [2.05, 4.69) is 42.1 Å².